The van der Waals surface area contributed by atoms with E-state index in [4.69, 9.17) is 0 Å². The summed E-state index contributed by atoms with van der Waals surface area (Å²) in [5.41, 5.74) is 4.56. The van der Waals surface area contributed by atoms with Crippen LogP contribution < -0.4 is 5.32 Å². The van der Waals surface area contributed by atoms with Crippen LogP contribution in [0.5, 0.6) is 0 Å². The van der Waals surface area contributed by atoms with Crippen molar-refractivity contribution in [2.45, 2.75) is 33.1 Å². The molecule has 1 saturated heterocycles. The van der Waals surface area contributed by atoms with E-state index in [1.54, 1.807) is 5.57 Å². The van der Waals surface area contributed by atoms with Gasteiger partial charge in [0.25, 0.3) is 0 Å². The molecule has 1 aromatic rings. The minimum atomic E-state index is 0.793. The highest BCUT2D eigenvalue weighted by Gasteiger charge is 2.18. The number of hydrogen-bond donors (Lipinski definition) is 1. The Labute approximate surface area is 105 Å². The molecule has 1 heterocycles. The Kier molecular flexibility index (Phi) is 4.38. The van der Waals surface area contributed by atoms with Crippen molar-refractivity contribution >= 4 is 5.57 Å². The highest BCUT2D eigenvalue weighted by Crippen LogP contribution is 2.30. The third-order valence-corrected chi connectivity index (χ3v) is 3.90. The first-order valence-electron chi connectivity index (χ1n) is 6.78. The van der Waals surface area contributed by atoms with Gasteiger partial charge in [0.1, 0.15) is 0 Å². The molecule has 1 N–H and O–H groups in total. The van der Waals surface area contributed by atoms with E-state index < -0.39 is 0 Å². The average molecular weight is 229 g/mol. The van der Waals surface area contributed by atoms with Crippen LogP contribution in [-0.4, -0.2) is 13.1 Å². The molecule has 1 nitrogen and oxygen atoms in total. The second-order valence-corrected chi connectivity index (χ2v) is 4.89. The van der Waals surface area contributed by atoms with Gasteiger partial charge in [0.2, 0.25) is 0 Å². The van der Waals surface area contributed by atoms with Gasteiger partial charge in [-0.2, -0.15) is 0 Å². The van der Waals surface area contributed by atoms with Crippen LogP contribution in [0.1, 0.15) is 38.7 Å². The monoisotopic (exact) mass is 229 g/mol. The molecular weight excluding hydrogens is 206 g/mol. The lowest BCUT2D eigenvalue weighted by atomic mass is 9.84. The molecule has 92 valence electrons. The van der Waals surface area contributed by atoms with E-state index in [0.29, 0.717) is 0 Å². The highest BCUT2D eigenvalue weighted by atomic mass is 14.9. The van der Waals surface area contributed by atoms with Crippen molar-refractivity contribution in [3.63, 3.8) is 0 Å². The topological polar surface area (TPSA) is 12.0 Å². The largest absolute Gasteiger partial charge is 0.317 e. The summed E-state index contributed by atoms with van der Waals surface area (Å²) in [6.45, 7) is 6.94. The van der Waals surface area contributed by atoms with Crippen LogP contribution >= 0.6 is 0 Å². The van der Waals surface area contributed by atoms with Gasteiger partial charge < -0.3 is 5.32 Å². The first-order valence-corrected chi connectivity index (χ1v) is 6.78. The minimum Gasteiger partial charge on any atom is -0.317 e. The summed E-state index contributed by atoms with van der Waals surface area (Å²) in [5, 5.41) is 3.45. The smallest absolute Gasteiger partial charge is 0.00432 e. The van der Waals surface area contributed by atoms with Crippen molar-refractivity contribution in [1.29, 1.82) is 0 Å². The van der Waals surface area contributed by atoms with E-state index in [-0.39, 0.29) is 0 Å². The first-order chi connectivity index (χ1) is 8.33. The number of rotatable bonds is 3. The van der Waals surface area contributed by atoms with E-state index in [1.165, 1.54) is 43.5 Å². The Morgan fingerprint density at radius 3 is 2.41 bits per heavy atom. The van der Waals surface area contributed by atoms with Crippen molar-refractivity contribution in [3.05, 3.63) is 41.5 Å². The van der Waals surface area contributed by atoms with Crippen LogP contribution in [0.2, 0.25) is 0 Å². The maximum atomic E-state index is 3.45. The van der Waals surface area contributed by atoms with Gasteiger partial charge >= 0.3 is 0 Å². The zero-order valence-electron chi connectivity index (χ0n) is 11.0. The van der Waals surface area contributed by atoms with E-state index >= 15 is 0 Å². The summed E-state index contributed by atoms with van der Waals surface area (Å²) >= 11 is 0. The van der Waals surface area contributed by atoms with Gasteiger partial charge in [0.15, 0.2) is 0 Å². The molecule has 1 heteroatoms. The normalized spacial score (nSPS) is 18.9. The molecule has 0 bridgehead atoms. The minimum absolute atomic E-state index is 0.793. The van der Waals surface area contributed by atoms with Crippen LogP contribution in [0.3, 0.4) is 0 Å². The zero-order chi connectivity index (χ0) is 12.1. The third kappa shape index (κ3) is 2.98. The molecule has 17 heavy (non-hydrogen) atoms. The summed E-state index contributed by atoms with van der Waals surface area (Å²) in [7, 11) is 0. The summed E-state index contributed by atoms with van der Waals surface area (Å²) in [5.74, 6) is 0.793. The van der Waals surface area contributed by atoms with Crippen LogP contribution in [0.25, 0.3) is 5.57 Å². The maximum Gasteiger partial charge on any atom is -0.00432 e. The standard InChI is InChI=1S/C16H23N/c1-3-16(15-9-11-17-12-10-15)13(2)14-7-5-4-6-8-14/h4-8,15,17H,3,9-12H2,1-2H3/b16-13+. The SMILES string of the molecule is CC/C(=C(/C)c1ccccc1)C1CCNCC1. The third-order valence-electron chi connectivity index (χ3n) is 3.90. The molecule has 1 aliphatic rings. The molecule has 1 aromatic carbocycles. The number of benzene rings is 1. The molecule has 0 radical (unpaired) electrons. The lowest BCUT2D eigenvalue weighted by Crippen LogP contribution is -2.28. The van der Waals surface area contributed by atoms with Gasteiger partial charge in [-0.25, -0.2) is 0 Å². The predicted octanol–water partition coefficient (Wildman–Crippen LogP) is 3.87. The molecule has 0 spiro atoms. The Balaban J connectivity index is 2.25. The van der Waals surface area contributed by atoms with Crippen molar-refractivity contribution < 1.29 is 0 Å². The maximum absolute atomic E-state index is 3.45. The number of hydrogen-bond acceptors (Lipinski definition) is 1. The van der Waals surface area contributed by atoms with Gasteiger partial charge in [0, 0.05) is 0 Å². The highest BCUT2D eigenvalue weighted by molar-refractivity contribution is 5.67. The average Bonchev–Trinajstić information content (AvgIpc) is 2.42. The number of piperidine rings is 1. The quantitative estimate of drug-likeness (QED) is 0.829. The summed E-state index contributed by atoms with van der Waals surface area (Å²) < 4.78 is 0. The van der Waals surface area contributed by atoms with E-state index in [9.17, 15) is 0 Å². The summed E-state index contributed by atoms with van der Waals surface area (Å²) in [6, 6.07) is 10.8. The Hall–Kier alpha value is -1.08. The lowest BCUT2D eigenvalue weighted by Gasteiger charge is -2.26. The fourth-order valence-electron chi connectivity index (χ4n) is 2.90. The van der Waals surface area contributed by atoms with Crippen LogP contribution in [0, 0.1) is 5.92 Å². The van der Waals surface area contributed by atoms with Gasteiger partial charge in [-0.15, -0.1) is 0 Å². The molecule has 0 aromatic heterocycles. The van der Waals surface area contributed by atoms with Gasteiger partial charge in [0.05, 0.1) is 0 Å². The molecule has 0 unspecified atom stereocenters. The Morgan fingerprint density at radius 2 is 1.82 bits per heavy atom. The molecular formula is C16H23N. The van der Waals surface area contributed by atoms with Crippen LogP contribution in [0.15, 0.2) is 35.9 Å². The van der Waals surface area contributed by atoms with E-state index in [1.807, 2.05) is 0 Å². The second kappa shape index (κ2) is 6.02. The molecule has 1 fully saturated rings. The number of nitrogens with one attached hydrogen (secondary N) is 1. The second-order valence-electron chi connectivity index (χ2n) is 4.89. The summed E-state index contributed by atoms with van der Waals surface area (Å²) in [4.78, 5) is 0. The van der Waals surface area contributed by atoms with Gasteiger partial charge in [-0.3, -0.25) is 0 Å². The van der Waals surface area contributed by atoms with Crippen LogP contribution in [-0.2, 0) is 0 Å². The lowest BCUT2D eigenvalue weighted by molar-refractivity contribution is 0.414. The molecule has 2 rings (SSSR count). The van der Waals surface area contributed by atoms with E-state index in [0.717, 1.165) is 5.92 Å². The Bertz CT molecular complexity index is 372. The summed E-state index contributed by atoms with van der Waals surface area (Å²) in [6.07, 6.45) is 3.78. The molecule has 0 aliphatic carbocycles. The first kappa shape index (κ1) is 12.4. The van der Waals surface area contributed by atoms with Gasteiger partial charge in [-0.05, 0) is 56.3 Å². The van der Waals surface area contributed by atoms with Crippen molar-refractivity contribution in [2.75, 3.05) is 13.1 Å². The fourth-order valence-corrected chi connectivity index (χ4v) is 2.90. The van der Waals surface area contributed by atoms with Crippen molar-refractivity contribution in [2.24, 2.45) is 5.92 Å². The van der Waals surface area contributed by atoms with Crippen molar-refractivity contribution in [3.8, 4) is 0 Å². The fraction of sp³-hybridized carbons (Fsp3) is 0.500. The van der Waals surface area contributed by atoms with E-state index in [2.05, 4.69) is 49.5 Å². The molecule has 1 aliphatic heterocycles. The molecule has 0 amide bonds. The molecule has 0 saturated carbocycles. The predicted molar refractivity (Wildman–Crippen MR) is 74.9 cm³/mol. The zero-order valence-corrected chi connectivity index (χ0v) is 11.0. The molecule has 0 atom stereocenters. The number of allylic oxidation sites excluding steroid dienone is 2. The van der Waals surface area contributed by atoms with Crippen molar-refractivity contribution in [1.82, 2.24) is 5.32 Å². The van der Waals surface area contributed by atoms with Gasteiger partial charge in [-0.1, -0.05) is 42.8 Å². The Morgan fingerprint density at radius 1 is 1.18 bits per heavy atom. The van der Waals surface area contributed by atoms with Crippen LogP contribution in [0.4, 0.5) is 0 Å².